The van der Waals surface area contributed by atoms with Crippen LogP contribution in [0.25, 0.3) is 6.08 Å². The van der Waals surface area contributed by atoms with Crippen molar-refractivity contribution in [2.24, 2.45) is 4.99 Å². The molecule has 42 heavy (non-hydrogen) atoms. The van der Waals surface area contributed by atoms with E-state index in [1.165, 1.54) is 24.7 Å². The number of carbonyl (C=O) groups excluding carboxylic acids is 1. The second kappa shape index (κ2) is 12.3. The molecule has 2 aliphatic rings. The predicted octanol–water partition coefficient (Wildman–Crippen LogP) is -0.849. The van der Waals surface area contributed by atoms with Gasteiger partial charge in [-0.25, -0.2) is 23.7 Å². The molecule has 1 saturated heterocycles. The first-order valence-electron chi connectivity index (χ1n) is 12.9. The molecule has 5 N–H and O–H groups in total. The monoisotopic (exact) mass is 602 g/mol. The van der Waals surface area contributed by atoms with Crippen molar-refractivity contribution < 1.29 is 28.6 Å². The first-order chi connectivity index (χ1) is 20.1. The highest BCUT2D eigenvalue weighted by atomic mass is 31.2. The van der Waals surface area contributed by atoms with Gasteiger partial charge in [-0.05, 0) is 12.5 Å². The lowest BCUT2D eigenvalue weighted by atomic mass is 10.2. The fourth-order valence-corrected chi connectivity index (χ4v) is 5.28. The van der Waals surface area contributed by atoms with Gasteiger partial charge in [-0.15, -0.1) is 0 Å². The number of aliphatic hydroxyl groups is 1. The first kappa shape index (κ1) is 29.2. The Morgan fingerprint density at radius 3 is 2.90 bits per heavy atom. The van der Waals surface area contributed by atoms with Crippen molar-refractivity contribution in [1.82, 2.24) is 34.2 Å². The van der Waals surface area contributed by atoms with Gasteiger partial charge in [0.2, 0.25) is 5.91 Å². The van der Waals surface area contributed by atoms with Gasteiger partial charge in [0.15, 0.2) is 0 Å². The Hall–Kier alpha value is -4.28. The Morgan fingerprint density at radius 1 is 1.29 bits per heavy atom. The molecule has 4 atom stereocenters. The standard InChI is InChI=1S/C24H27N8O9P/c33-16-10-20(41-17(16)12-40-42(38,39)31-9-8-25-13-31)32-11-14(22(35)30-24(32)37)3-4-19(34)26-6-1-2-18-28-15-5-7-27-21(15)23(36)29-18/h3-4,7-9,11,13,16-17,20,33H,1-2,5-6,10,12H2,(H,26,34)(H,38,39)(H,28,29,36)(H,30,35,37)/b4-3+/t16?,17-,20-/m1/s1. The van der Waals surface area contributed by atoms with E-state index in [-0.39, 0.29) is 24.1 Å². The average Bonchev–Trinajstić information content (AvgIpc) is 3.71. The Kier molecular flexibility index (Phi) is 8.56. The summed E-state index contributed by atoms with van der Waals surface area (Å²) in [6.45, 7) is -0.184. The largest absolute Gasteiger partial charge is 0.437 e. The predicted molar refractivity (Wildman–Crippen MR) is 146 cm³/mol. The summed E-state index contributed by atoms with van der Waals surface area (Å²) in [6, 6.07) is 0. The fourth-order valence-electron chi connectivity index (χ4n) is 4.38. The van der Waals surface area contributed by atoms with Gasteiger partial charge in [0.05, 0.1) is 24.0 Å². The van der Waals surface area contributed by atoms with Gasteiger partial charge in [-0.3, -0.25) is 33.5 Å². The van der Waals surface area contributed by atoms with Crippen LogP contribution in [0.15, 0.2) is 50.4 Å². The number of H-pyrrole nitrogens is 2. The van der Waals surface area contributed by atoms with Gasteiger partial charge in [0, 0.05) is 56.7 Å². The summed E-state index contributed by atoms with van der Waals surface area (Å²) in [7, 11) is -4.26. The second-order valence-corrected chi connectivity index (χ2v) is 11.2. The van der Waals surface area contributed by atoms with Crippen LogP contribution in [0.1, 0.15) is 36.2 Å². The number of ether oxygens (including phenoxy) is 1. The van der Waals surface area contributed by atoms with E-state index in [0.717, 1.165) is 21.3 Å². The number of imidazole rings is 1. The van der Waals surface area contributed by atoms with Crippen molar-refractivity contribution in [3.63, 3.8) is 0 Å². The molecule has 2 aliphatic heterocycles. The molecule has 17 nitrogen and oxygen atoms in total. The normalized spacial score (nSPS) is 21.0. The molecule has 0 spiro atoms. The number of rotatable bonds is 11. The zero-order chi connectivity index (χ0) is 29.9. The zero-order valence-electron chi connectivity index (χ0n) is 22.0. The summed E-state index contributed by atoms with van der Waals surface area (Å²) in [6.07, 6.45) is 6.98. The fraction of sp³-hybridized carbons (Fsp3) is 0.375. The molecule has 0 aliphatic carbocycles. The quantitative estimate of drug-likeness (QED) is 0.103. The highest BCUT2D eigenvalue weighted by molar-refractivity contribution is 7.51. The Bertz CT molecular complexity index is 1740. The summed E-state index contributed by atoms with van der Waals surface area (Å²) in [4.78, 5) is 76.0. The van der Waals surface area contributed by atoms with Crippen LogP contribution >= 0.6 is 7.75 Å². The van der Waals surface area contributed by atoms with Gasteiger partial charge in [0.1, 0.15) is 30.2 Å². The topological polar surface area (TPSA) is 236 Å². The molecule has 5 rings (SSSR count). The average molecular weight is 603 g/mol. The smallest absolute Gasteiger partial charge is 0.390 e. The van der Waals surface area contributed by atoms with Crippen LogP contribution in [0.2, 0.25) is 0 Å². The number of fused-ring (bicyclic) bond motifs is 1. The van der Waals surface area contributed by atoms with E-state index in [0.29, 0.717) is 36.5 Å². The molecule has 0 radical (unpaired) electrons. The van der Waals surface area contributed by atoms with Crippen LogP contribution in [0.3, 0.4) is 0 Å². The van der Waals surface area contributed by atoms with Crippen molar-refractivity contribution in [1.29, 1.82) is 0 Å². The van der Waals surface area contributed by atoms with Crippen LogP contribution in [0.5, 0.6) is 0 Å². The van der Waals surface area contributed by atoms with Crippen molar-refractivity contribution >= 4 is 31.6 Å². The lowest BCUT2D eigenvalue weighted by molar-refractivity contribution is -0.116. The van der Waals surface area contributed by atoms with E-state index in [4.69, 9.17) is 9.26 Å². The van der Waals surface area contributed by atoms with Crippen molar-refractivity contribution in [2.45, 2.75) is 44.1 Å². The van der Waals surface area contributed by atoms with E-state index in [1.807, 2.05) is 0 Å². The Labute approximate surface area is 236 Å². The molecule has 2 unspecified atom stereocenters. The number of aromatic amines is 2. The van der Waals surface area contributed by atoms with Gasteiger partial charge in [0.25, 0.3) is 11.1 Å². The number of nitrogens with zero attached hydrogens (tertiary/aromatic N) is 5. The van der Waals surface area contributed by atoms with Gasteiger partial charge in [-0.1, -0.05) is 0 Å². The van der Waals surface area contributed by atoms with Crippen molar-refractivity contribution in [3.05, 3.63) is 79.3 Å². The maximum atomic E-state index is 12.5. The lowest BCUT2D eigenvalue weighted by Crippen LogP contribution is -2.33. The molecule has 3 aromatic rings. The summed E-state index contributed by atoms with van der Waals surface area (Å²) in [5, 5.41) is 13.1. The molecular formula is C24H27N8O9P. The van der Waals surface area contributed by atoms with Crippen LogP contribution < -0.4 is 22.1 Å². The summed E-state index contributed by atoms with van der Waals surface area (Å²) < 4.78 is 25.0. The van der Waals surface area contributed by atoms with E-state index in [2.05, 4.69) is 30.2 Å². The van der Waals surface area contributed by atoms with Crippen LogP contribution in [0, 0.1) is 0 Å². The molecule has 0 aromatic carbocycles. The van der Waals surface area contributed by atoms with Crippen LogP contribution in [-0.4, -0.2) is 76.3 Å². The number of hydrogen-bond acceptors (Lipinski definition) is 11. The molecule has 3 aromatic heterocycles. The first-order valence-corrected chi connectivity index (χ1v) is 14.4. The minimum atomic E-state index is -4.26. The summed E-state index contributed by atoms with van der Waals surface area (Å²) in [5.74, 6) is 0.00601. The summed E-state index contributed by atoms with van der Waals surface area (Å²) >= 11 is 0. The van der Waals surface area contributed by atoms with Crippen molar-refractivity contribution in [2.75, 3.05) is 13.2 Å². The Balaban J connectivity index is 1.15. The third-order valence-electron chi connectivity index (χ3n) is 6.52. The van der Waals surface area contributed by atoms with Gasteiger partial charge in [-0.2, -0.15) is 0 Å². The molecule has 0 saturated carbocycles. The minimum absolute atomic E-state index is 0.0235. The highest BCUT2D eigenvalue weighted by Gasteiger charge is 2.37. The van der Waals surface area contributed by atoms with E-state index in [9.17, 15) is 33.7 Å². The molecule has 5 heterocycles. The van der Waals surface area contributed by atoms with E-state index >= 15 is 0 Å². The van der Waals surface area contributed by atoms with Crippen LogP contribution in [0.4, 0.5) is 5.69 Å². The number of aliphatic hydroxyl groups excluding tert-OH is 1. The van der Waals surface area contributed by atoms with Crippen molar-refractivity contribution in [3.8, 4) is 0 Å². The maximum absolute atomic E-state index is 12.5. The maximum Gasteiger partial charge on any atom is 0.437 e. The molecule has 1 fully saturated rings. The molecule has 18 heteroatoms. The molecule has 0 bridgehead atoms. The second-order valence-electron chi connectivity index (χ2n) is 9.46. The third kappa shape index (κ3) is 6.61. The van der Waals surface area contributed by atoms with E-state index < -0.39 is 49.9 Å². The minimum Gasteiger partial charge on any atom is -0.390 e. The number of aromatic nitrogens is 6. The number of nitrogens with one attached hydrogen (secondary N) is 3. The molecular weight excluding hydrogens is 575 g/mol. The zero-order valence-corrected chi connectivity index (χ0v) is 22.8. The van der Waals surface area contributed by atoms with Crippen LogP contribution in [-0.2, 0) is 31.5 Å². The Morgan fingerprint density at radius 2 is 2.12 bits per heavy atom. The summed E-state index contributed by atoms with van der Waals surface area (Å²) in [5.41, 5.74) is -0.930. The van der Waals surface area contributed by atoms with E-state index in [1.54, 1.807) is 6.21 Å². The van der Waals surface area contributed by atoms with Gasteiger partial charge < -0.3 is 25.0 Å². The van der Waals surface area contributed by atoms with Gasteiger partial charge >= 0.3 is 13.4 Å². The number of carbonyl (C=O) groups is 1. The number of amides is 1. The third-order valence-corrected chi connectivity index (χ3v) is 7.83. The number of aliphatic imine (C=N–C) groups is 1. The molecule has 222 valence electrons. The molecule has 1 amide bonds. The highest BCUT2D eigenvalue weighted by Crippen LogP contribution is 2.44. The SMILES string of the molecule is O=C(/C=C/c1cn([C@H]2CC(O)[C@@H](COP(=O)(O)n3ccnc3)O2)c(=O)[nH]c1=O)NCCCc1nc2c(c(=O)[nH]1)N=CC2. The number of hydrogen-bond donors (Lipinski definition) is 5. The lowest BCUT2D eigenvalue weighted by Gasteiger charge is -2.18. The number of aryl methyl sites for hydroxylation is 1.